The fourth-order valence-corrected chi connectivity index (χ4v) is 1.79. The van der Waals surface area contributed by atoms with Gasteiger partial charge in [0.2, 0.25) is 0 Å². The van der Waals surface area contributed by atoms with Gasteiger partial charge in [0.25, 0.3) is 0 Å². The fraction of sp³-hybridized carbons (Fsp3) is 0.500. The molecule has 0 spiro atoms. The second kappa shape index (κ2) is 6.02. The van der Waals surface area contributed by atoms with Gasteiger partial charge in [0, 0.05) is 12.7 Å². The van der Waals surface area contributed by atoms with Crippen LogP contribution in [-0.4, -0.2) is 33.3 Å². The minimum atomic E-state index is -1.11. The number of aromatic nitrogens is 1. The number of hydrogen-bond acceptors (Lipinski definition) is 4. The van der Waals surface area contributed by atoms with Crippen molar-refractivity contribution in [2.45, 2.75) is 32.3 Å². The zero-order valence-electron chi connectivity index (χ0n) is 10.4. The molecule has 1 aromatic heterocycles. The van der Waals surface area contributed by atoms with Crippen LogP contribution in [-0.2, 0) is 0 Å². The molecule has 3 N–H and O–H groups in total. The van der Waals surface area contributed by atoms with Gasteiger partial charge >= 0.3 is 5.97 Å². The van der Waals surface area contributed by atoms with Gasteiger partial charge < -0.3 is 15.5 Å². The van der Waals surface area contributed by atoms with E-state index in [4.69, 9.17) is 16.7 Å². The zero-order valence-corrected chi connectivity index (χ0v) is 11.2. The maximum Gasteiger partial charge on any atom is 0.337 e. The van der Waals surface area contributed by atoms with Gasteiger partial charge in [-0.05, 0) is 19.4 Å². The molecule has 1 aromatic rings. The third kappa shape index (κ3) is 4.16. The van der Waals surface area contributed by atoms with Crippen LogP contribution in [0.15, 0.2) is 12.3 Å². The number of aliphatic hydroxyl groups is 1. The van der Waals surface area contributed by atoms with E-state index in [0.717, 1.165) is 6.42 Å². The highest BCUT2D eigenvalue weighted by Crippen LogP contribution is 2.19. The Labute approximate surface area is 111 Å². The van der Waals surface area contributed by atoms with Crippen molar-refractivity contribution in [2.24, 2.45) is 0 Å². The number of anilines is 1. The molecule has 18 heavy (non-hydrogen) atoms. The standard InChI is InChI=1S/C12H17ClN2O3/c1-3-4-12(2,18)7-15-10-5-8(11(16)17)9(13)6-14-10/h5-6,18H,3-4,7H2,1-2H3,(H,14,15)(H,16,17). The van der Waals surface area contributed by atoms with E-state index in [1.54, 1.807) is 6.92 Å². The Morgan fingerprint density at radius 2 is 2.28 bits per heavy atom. The first kappa shape index (κ1) is 14.7. The van der Waals surface area contributed by atoms with Gasteiger partial charge in [-0.25, -0.2) is 9.78 Å². The van der Waals surface area contributed by atoms with Gasteiger partial charge in [-0.2, -0.15) is 0 Å². The first-order chi connectivity index (χ1) is 8.35. The average Bonchev–Trinajstić information content (AvgIpc) is 2.27. The van der Waals surface area contributed by atoms with Gasteiger partial charge in [-0.3, -0.25) is 0 Å². The van der Waals surface area contributed by atoms with Crippen LogP contribution in [0, 0.1) is 0 Å². The molecule has 5 nitrogen and oxygen atoms in total. The first-order valence-corrected chi connectivity index (χ1v) is 6.08. The van der Waals surface area contributed by atoms with Crippen molar-refractivity contribution in [3.8, 4) is 0 Å². The third-order valence-electron chi connectivity index (χ3n) is 2.52. The molecule has 100 valence electrons. The molecule has 0 radical (unpaired) electrons. The van der Waals surface area contributed by atoms with Crippen LogP contribution in [0.5, 0.6) is 0 Å². The van der Waals surface area contributed by atoms with Crippen LogP contribution >= 0.6 is 11.6 Å². The number of nitrogens with zero attached hydrogens (tertiary/aromatic N) is 1. The lowest BCUT2D eigenvalue weighted by Crippen LogP contribution is -2.33. The van der Waals surface area contributed by atoms with Crippen molar-refractivity contribution in [3.63, 3.8) is 0 Å². The van der Waals surface area contributed by atoms with Crippen LogP contribution in [0.4, 0.5) is 5.82 Å². The van der Waals surface area contributed by atoms with Crippen molar-refractivity contribution in [1.29, 1.82) is 0 Å². The van der Waals surface area contributed by atoms with Gasteiger partial charge in [-0.15, -0.1) is 0 Å². The average molecular weight is 273 g/mol. The Morgan fingerprint density at radius 3 is 2.83 bits per heavy atom. The van der Waals surface area contributed by atoms with E-state index in [-0.39, 0.29) is 10.6 Å². The predicted molar refractivity (Wildman–Crippen MR) is 70.2 cm³/mol. The largest absolute Gasteiger partial charge is 0.478 e. The molecule has 1 atom stereocenters. The number of carbonyl (C=O) groups is 1. The summed E-state index contributed by atoms with van der Waals surface area (Å²) in [6, 6.07) is 1.35. The van der Waals surface area contributed by atoms with Crippen molar-refractivity contribution >= 4 is 23.4 Å². The summed E-state index contributed by atoms with van der Waals surface area (Å²) in [7, 11) is 0. The van der Waals surface area contributed by atoms with Gasteiger partial charge in [0.05, 0.1) is 16.2 Å². The number of halogens is 1. The van der Waals surface area contributed by atoms with E-state index in [0.29, 0.717) is 18.8 Å². The van der Waals surface area contributed by atoms with Gasteiger partial charge in [-0.1, -0.05) is 24.9 Å². The van der Waals surface area contributed by atoms with E-state index >= 15 is 0 Å². The molecule has 0 saturated heterocycles. The van der Waals surface area contributed by atoms with Crippen LogP contribution in [0.2, 0.25) is 5.02 Å². The number of carboxylic acid groups (broad SMARTS) is 1. The Balaban J connectivity index is 2.74. The molecule has 1 rings (SSSR count). The maximum atomic E-state index is 10.9. The SMILES string of the molecule is CCCC(C)(O)CNc1cc(C(=O)O)c(Cl)cn1. The highest BCUT2D eigenvalue weighted by atomic mass is 35.5. The fourth-order valence-electron chi connectivity index (χ4n) is 1.61. The number of pyridine rings is 1. The monoisotopic (exact) mass is 272 g/mol. The Bertz CT molecular complexity index is 435. The van der Waals surface area contributed by atoms with Gasteiger partial charge in [0.1, 0.15) is 5.82 Å². The van der Waals surface area contributed by atoms with E-state index in [1.807, 2.05) is 6.92 Å². The summed E-state index contributed by atoms with van der Waals surface area (Å²) >= 11 is 5.71. The molecule has 1 unspecified atom stereocenters. The molecular weight excluding hydrogens is 256 g/mol. The summed E-state index contributed by atoms with van der Waals surface area (Å²) in [6.45, 7) is 4.00. The molecule has 6 heteroatoms. The zero-order chi connectivity index (χ0) is 13.8. The molecule has 0 bridgehead atoms. The lowest BCUT2D eigenvalue weighted by Gasteiger charge is -2.23. The molecule has 0 amide bonds. The molecule has 0 aliphatic heterocycles. The molecular formula is C12H17ClN2O3. The second-order valence-electron chi connectivity index (χ2n) is 4.46. The molecule has 0 saturated carbocycles. The topological polar surface area (TPSA) is 82.5 Å². The third-order valence-corrected chi connectivity index (χ3v) is 2.83. The Kier molecular flexibility index (Phi) is 4.93. The summed E-state index contributed by atoms with van der Waals surface area (Å²) < 4.78 is 0. The number of rotatable bonds is 6. The van der Waals surface area contributed by atoms with E-state index in [1.165, 1.54) is 12.3 Å². The van der Waals surface area contributed by atoms with Crippen LogP contribution in [0.1, 0.15) is 37.0 Å². The highest BCUT2D eigenvalue weighted by molar-refractivity contribution is 6.33. The number of nitrogens with one attached hydrogen (secondary N) is 1. The van der Waals surface area contributed by atoms with E-state index in [2.05, 4.69) is 10.3 Å². The Morgan fingerprint density at radius 1 is 1.61 bits per heavy atom. The summed E-state index contributed by atoms with van der Waals surface area (Å²) in [6.07, 6.45) is 2.80. The van der Waals surface area contributed by atoms with Crippen molar-refractivity contribution in [1.82, 2.24) is 4.98 Å². The summed E-state index contributed by atoms with van der Waals surface area (Å²) in [5.41, 5.74) is -0.858. The lowest BCUT2D eigenvalue weighted by molar-refractivity contribution is 0.0636. The number of carboxylic acids is 1. The normalized spacial score (nSPS) is 14.0. The Hall–Kier alpha value is -1.33. The van der Waals surface area contributed by atoms with Crippen LogP contribution in [0.25, 0.3) is 0 Å². The summed E-state index contributed by atoms with van der Waals surface area (Å²) in [5, 5.41) is 21.9. The number of aromatic carboxylic acids is 1. The minimum Gasteiger partial charge on any atom is -0.478 e. The van der Waals surface area contributed by atoms with E-state index in [9.17, 15) is 9.90 Å². The molecule has 0 aromatic carbocycles. The molecule has 0 aliphatic rings. The second-order valence-corrected chi connectivity index (χ2v) is 4.86. The molecule has 0 fully saturated rings. The highest BCUT2D eigenvalue weighted by Gasteiger charge is 2.19. The van der Waals surface area contributed by atoms with Crippen molar-refractivity contribution < 1.29 is 15.0 Å². The van der Waals surface area contributed by atoms with Crippen LogP contribution in [0.3, 0.4) is 0 Å². The van der Waals surface area contributed by atoms with Gasteiger partial charge in [0.15, 0.2) is 0 Å². The lowest BCUT2D eigenvalue weighted by atomic mass is 10.0. The first-order valence-electron chi connectivity index (χ1n) is 5.71. The van der Waals surface area contributed by atoms with Crippen molar-refractivity contribution in [2.75, 3.05) is 11.9 Å². The minimum absolute atomic E-state index is 0.00991. The maximum absolute atomic E-state index is 10.9. The smallest absolute Gasteiger partial charge is 0.337 e. The quantitative estimate of drug-likeness (QED) is 0.741. The van der Waals surface area contributed by atoms with E-state index < -0.39 is 11.6 Å². The molecule has 1 heterocycles. The molecule has 0 aliphatic carbocycles. The number of hydrogen-bond donors (Lipinski definition) is 3. The summed E-state index contributed by atoms with van der Waals surface area (Å²) in [4.78, 5) is 14.9. The van der Waals surface area contributed by atoms with Crippen LogP contribution < -0.4 is 5.32 Å². The summed E-state index contributed by atoms with van der Waals surface area (Å²) in [5.74, 6) is -0.723. The van der Waals surface area contributed by atoms with Crippen molar-refractivity contribution in [3.05, 3.63) is 22.8 Å². The predicted octanol–water partition coefficient (Wildman–Crippen LogP) is 2.40.